The molecule has 2 heterocycles. The maximum absolute atomic E-state index is 12.1. The molecule has 1 saturated heterocycles. The zero-order valence-electron chi connectivity index (χ0n) is 17.4. The normalized spacial score (nSPS) is 14.9. The van der Waals surface area contributed by atoms with E-state index in [4.69, 9.17) is 11.5 Å². The Morgan fingerprint density at radius 1 is 1.03 bits per heavy atom. The number of nitrogen functional groups attached to an aromatic ring is 1. The minimum atomic E-state index is -0.582. The largest absolute Gasteiger partial charge is 0.508 e. The summed E-state index contributed by atoms with van der Waals surface area (Å²) in [6, 6.07) is 14.2. The third-order valence-corrected chi connectivity index (χ3v) is 5.43. The molecule has 31 heavy (non-hydrogen) atoms. The van der Waals surface area contributed by atoms with Crippen molar-refractivity contribution in [1.29, 1.82) is 0 Å². The van der Waals surface area contributed by atoms with Crippen molar-refractivity contribution in [1.82, 2.24) is 14.7 Å². The standard InChI is InChI=1S/C23H26N6O2/c1-27-10-12-28(13-11-27)18-6-9-20(24)21(15-18)29-22(23(25)31)14-17(26-29)5-2-16-3-7-19(30)8-4-16/h2-9,14-15,30H,10-13,24H2,1H3,(H2,25,31)/b5-2+. The van der Waals surface area contributed by atoms with Crippen LogP contribution in [0.1, 0.15) is 21.7 Å². The molecule has 0 spiro atoms. The molecule has 1 amide bonds. The van der Waals surface area contributed by atoms with Crippen molar-refractivity contribution < 1.29 is 9.90 Å². The number of aromatic nitrogens is 2. The maximum atomic E-state index is 12.1. The predicted molar refractivity (Wildman–Crippen MR) is 123 cm³/mol. The molecular formula is C23H26N6O2. The number of primary amides is 1. The lowest BCUT2D eigenvalue weighted by atomic mass is 10.2. The van der Waals surface area contributed by atoms with Gasteiger partial charge >= 0.3 is 0 Å². The van der Waals surface area contributed by atoms with Crippen LogP contribution in [0.3, 0.4) is 0 Å². The average molecular weight is 419 g/mol. The van der Waals surface area contributed by atoms with Crippen LogP contribution in [-0.2, 0) is 0 Å². The molecule has 0 bridgehead atoms. The molecule has 2 aromatic carbocycles. The Balaban J connectivity index is 1.67. The summed E-state index contributed by atoms with van der Waals surface area (Å²) in [6.07, 6.45) is 3.64. The summed E-state index contributed by atoms with van der Waals surface area (Å²) in [6.45, 7) is 3.81. The molecule has 1 aromatic heterocycles. The first-order valence-corrected chi connectivity index (χ1v) is 10.1. The average Bonchev–Trinajstić information content (AvgIpc) is 3.19. The number of hydrogen-bond donors (Lipinski definition) is 3. The topological polar surface area (TPSA) is 114 Å². The summed E-state index contributed by atoms with van der Waals surface area (Å²) < 4.78 is 1.51. The molecule has 1 fully saturated rings. The number of amides is 1. The Bertz CT molecular complexity index is 1110. The minimum Gasteiger partial charge on any atom is -0.508 e. The molecule has 5 N–H and O–H groups in total. The van der Waals surface area contributed by atoms with Crippen LogP contribution in [0.4, 0.5) is 11.4 Å². The lowest BCUT2D eigenvalue weighted by Crippen LogP contribution is -2.44. The monoisotopic (exact) mass is 418 g/mol. The first kappa shape index (κ1) is 20.5. The highest BCUT2D eigenvalue weighted by atomic mass is 16.3. The van der Waals surface area contributed by atoms with Gasteiger partial charge in [0.05, 0.1) is 17.1 Å². The maximum Gasteiger partial charge on any atom is 0.267 e. The number of benzene rings is 2. The van der Waals surface area contributed by atoms with Crippen LogP contribution in [0.5, 0.6) is 5.75 Å². The van der Waals surface area contributed by atoms with Crippen LogP contribution in [-0.4, -0.2) is 58.9 Å². The van der Waals surface area contributed by atoms with Crippen molar-refractivity contribution in [2.75, 3.05) is 43.9 Å². The first-order chi connectivity index (χ1) is 14.9. The van der Waals surface area contributed by atoms with Gasteiger partial charge in [-0.15, -0.1) is 0 Å². The Morgan fingerprint density at radius 3 is 2.42 bits per heavy atom. The van der Waals surface area contributed by atoms with E-state index in [9.17, 15) is 9.90 Å². The molecule has 3 aromatic rings. The van der Waals surface area contributed by atoms with Crippen molar-refractivity contribution in [3.05, 3.63) is 65.5 Å². The molecule has 0 radical (unpaired) electrons. The number of nitrogens with two attached hydrogens (primary N) is 2. The van der Waals surface area contributed by atoms with Gasteiger partial charge < -0.3 is 26.4 Å². The SMILES string of the molecule is CN1CCN(c2ccc(N)c(-n3nc(/C=C/c4ccc(O)cc4)cc3C(N)=O)c2)CC1. The second-order valence-corrected chi connectivity index (χ2v) is 7.69. The van der Waals surface area contributed by atoms with Gasteiger partial charge in [-0.05, 0) is 55.1 Å². The van der Waals surface area contributed by atoms with Gasteiger partial charge in [-0.3, -0.25) is 4.79 Å². The zero-order valence-corrected chi connectivity index (χ0v) is 17.4. The zero-order chi connectivity index (χ0) is 22.0. The smallest absolute Gasteiger partial charge is 0.267 e. The second-order valence-electron chi connectivity index (χ2n) is 7.69. The molecule has 1 aliphatic heterocycles. The molecule has 0 saturated carbocycles. The number of anilines is 2. The fourth-order valence-corrected chi connectivity index (χ4v) is 3.58. The van der Waals surface area contributed by atoms with E-state index in [1.807, 2.05) is 24.3 Å². The van der Waals surface area contributed by atoms with E-state index >= 15 is 0 Å². The summed E-state index contributed by atoms with van der Waals surface area (Å²) in [5.74, 6) is -0.380. The number of hydrogen-bond acceptors (Lipinski definition) is 6. The fraction of sp³-hybridized carbons (Fsp3) is 0.217. The number of aromatic hydroxyl groups is 1. The van der Waals surface area contributed by atoms with E-state index in [1.165, 1.54) is 4.68 Å². The van der Waals surface area contributed by atoms with Crippen LogP contribution < -0.4 is 16.4 Å². The number of carbonyl (C=O) groups excluding carboxylic acids is 1. The number of rotatable bonds is 5. The quantitative estimate of drug-likeness (QED) is 0.548. The lowest BCUT2D eigenvalue weighted by molar-refractivity contribution is 0.0993. The fourth-order valence-electron chi connectivity index (χ4n) is 3.58. The van der Waals surface area contributed by atoms with Gasteiger partial charge in [-0.2, -0.15) is 5.10 Å². The predicted octanol–water partition coefficient (Wildman–Crippen LogP) is 2.18. The van der Waals surface area contributed by atoms with Gasteiger partial charge in [0.2, 0.25) is 0 Å². The highest BCUT2D eigenvalue weighted by Gasteiger charge is 2.19. The van der Waals surface area contributed by atoms with E-state index < -0.39 is 5.91 Å². The molecule has 0 atom stereocenters. The van der Waals surface area contributed by atoms with Crippen molar-refractivity contribution in [2.45, 2.75) is 0 Å². The van der Waals surface area contributed by atoms with Crippen molar-refractivity contribution in [3.63, 3.8) is 0 Å². The molecule has 4 rings (SSSR count). The minimum absolute atomic E-state index is 0.202. The Hall–Kier alpha value is -3.78. The van der Waals surface area contributed by atoms with Gasteiger partial charge in [0, 0.05) is 31.9 Å². The van der Waals surface area contributed by atoms with Crippen LogP contribution in [0.25, 0.3) is 17.8 Å². The highest BCUT2D eigenvalue weighted by molar-refractivity contribution is 5.93. The van der Waals surface area contributed by atoms with Gasteiger partial charge in [0.25, 0.3) is 5.91 Å². The molecule has 160 valence electrons. The number of phenols is 1. The Morgan fingerprint density at radius 2 is 1.74 bits per heavy atom. The third kappa shape index (κ3) is 4.54. The molecular weight excluding hydrogens is 392 g/mol. The molecule has 8 heteroatoms. The lowest BCUT2D eigenvalue weighted by Gasteiger charge is -2.34. The van der Waals surface area contributed by atoms with Crippen molar-refractivity contribution in [3.8, 4) is 11.4 Å². The molecule has 0 unspecified atom stereocenters. The summed E-state index contributed by atoms with van der Waals surface area (Å²) >= 11 is 0. The number of phenolic OH excluding ortho intramolecular Hbond substituents is 1. The van der Waals surface area contributed by atoms with Gasteiger partial charge in [0.1, 0.15) is 11.4 Å². The summed E-state index contributed by atoms with van der Waals surface area (Å²) in [4.78, 5) is 16.7. The summed E-state index contributed by atoms with van der Waals surface area (Å²) in [5, 5.41) is 14.0. The van der Waals surface area contributed by atoms with Crippen molar-refractivity contribution in [2.24, 2.45) is 5.73 Å². The van der Waals surface area contributed by atoms with Crippen LogP contribution >= 0.6 is 0 Å². The van der Waals surface area contributed by atoms with Crippen LogP contribution in [0.2, 0.25) is 0 Å². The van der Waals surface area contributed by atoms with E-state index in [-0.39, 0.29) is 11.4 Å². The molecule has 8 nitrogen and oxygen atoms in total. The second kappa shape index (κ2) is 8.53. The van der Waals surface area contributed by atoms with E-state index in [0.29, 0.717) is 17.1 Å². The highest BCUT2D eigenvalue weighted by Crippen LogP contribution is 2.27. The number of carbonyl (C=O) groups is 1. The van der Waals surface area contributed by atoms with Gasteiger partial charge in [-0.25, -0.2) is 4.68 Å². The first-order valence-electron chi connectivity index (χ1n) is 10.1. The number of likely N-dealkylation sites (N-methyl/N-ethyl adjacent to an activating group) is 1. The van der Waals surface area contributed by atoms with Gasteiger partial charge in [0.15, 0.2) is 0 Å². The molecule has 0 aliphatic carbocycles. The van der Waals surface area contributed by atoms with E-state index in [0.717, 1.165) is 37.4 Å². The molecule has 1 aliphatic rings. The van der Waals surface area contributed by atoms with E-state index in [1.54, 1.807) is 36.4 Å². The number of piperazine rings is 1. The Kier molecular flexibility index (Phi) is 5.64. The van der Waals surface area contributed by atoms with E-state index in [2.05, 4.69) is 21.9 Å². The van der Waals surface area contributed by atoms with Crippen molar-refractivity contribution >= 4 is 29.4 Å². The summed E-state index contributed by atoms with van der Waals surface area (Å²) in [5.41, 5.74) is 15.8. The third-order valence-electron chi connectivity index (χ3n) is 5.43. The Labute approximate surface area is 181 Å². The summed E-state index contributed by atoms with van der Waals surface area (Å²) in [7, 11) is 2.11. The van der Waals surface area contributed by atoms with Gasteiger partial charge in [-0.1, -0.05) is 18.2 Å². The van der Waals surface area contributed by atoms with Crippen LogP contribution in [0.15, 0.2) is 48.5 Å². The van der Waals surface area contributed by atoms with Crippen LogP contribution in [0, 0.1) is 0 Å². The number of nitrogens with zero attached hydrogens (tertiary/aromatic N) is 4.